The van der Waals surface area contributed by atoms with Crippen molar-refractivity contribution in [3.8, 4) is 11.5 Å². The summed E-state index contributed by atoms with van der Waals surface area (Å²) in [4.78, 5) is 0. The first-order valence-corrected chi connectivity index (χ1v) is 7.87. The molecule has 0 amide bonds. The second-order valence-corrected chi connectivity index (χ2v) is 6.26. The maximum absolute atomic E-state index is 14.0. The van der Waals surface area contributed by atoms with Crippen LogP contribution in [0.15, 0.2) is 40.9 Å². The van der Waals surface area contributed by atoms with Crippen molar-refractivity contribution in [2.45, 2.75) is 32.4 Å². The molecule has 0 bridgehead atoms. The Hall–Kier alpha value is -1.39. The third-order valence-corrected chi connectivity index (χ3v) is 4.16. The lowest BCUT2D eigenvalue weighted by molar-refractivity contribution is 0.437. The SMILES string of the molecule is Cc1cccc(Oc2ccc(CNC3CC3)cc2Br)c1F. The molecule has 0 aromatic heterocycles. The summed E-state index contributed by atoms with van der Waals surface area (Å²) in [5.74, 6) is 0.554. The van der Waals surface area contributed by atoms with Crippen LogP contribution in [0.3, 0.4) is 0 Å². The van der Waals surface area contributed by atoms with Crippen LogP contribution in [-0.2, 0) is 6.54 Å². The number of aryl methyl sites for hydroxylation is 1. The van der Waals surface area contributed by atoms with Crippen molar-refractivity contribution in [2.75, 3.05) is 0 Å². The van der Waals surface area contributed by atoms with Crippen LogP contribution < -0.4 is 10.1 Å². The van der Waals surface area contributed by atoms with Crippen molar-refractivity contribution >= 4 is 15.9 Å². The van der Waals surface area contributed by atoms with E-state index in [-0.39, 0.29) is 11.6 Å². The van der Waals surface area contributed by atoms with Crippen molar-refractivity contribution in [1.82, 2.24) is 5.32 Å². The van der Waals surface area contributed by atoms with Gasteiger partial charge in [0, 0.05) is 12.6 Å². The maximum Gasteiger partial charge on any atom is 0.168 e. The van der Waals surface area contributed by atoms with Crippen LogP contribution in [0.1, 0.15) is 24.0 Å². The van der Waals surface area contributed by atoms with Crippen LogP contribution in [-0.4, -0.2) is 6.04 Å². The summed E-state index contributed by atoms with van der Waals surface area (Å²) in [6, 6.07) is 11.7. The van der Waals surface area contributed by atoms with Gasteiger partial charge in [-0.3, -0.25) is 0 Å². The van der Waals surface area contributed by atoms with Gasteiger partial charge in [0.1, 0.15) is 5.75 Å². The smallest absolute Gasteiger partial charge is 0.168 e. The van der Waals surface area contributed by atoms with E-state index in [1.54, 1.807) is 25.1 Å². The Morgan fingerprint density at radius 1 is 1.24 bits per heavy atom. The number of halogens is 2. The van der Waals surface area contributed by atoms with Crippen molar-refractivity contribution in [3.63, 3.8) is 0 Å². The van der Waals surface area contributed by atoms with Gasteiger partial charge in [0.25, 0.3) is 0 Å². The topological polar surface area (TPSA) is 21.3 Å². The van der Waals surface area contributed by atoms with Crippen molar-refractivity contribution < 1.29 is 9.13 Å². The lowest BCUT2D eigenvalue weighted by Crippen LogP contribution is -2.15. The van der Waals surface area contributed by atoms with Gasteiger partial charge in [-0.15, -0.1) is 0 Å². The summed E-state index contributed by atoms with van der Waals surface area (Å²) >= 11 is 3.50. The van der Waals surface area contributed by atoms with E-state index < -0.39 is 0 Å². The largest absolute Gasteiger partial charge is 0.453 e. The highest BCUT2D eigenvalue weighted by atomic mass is 79.9. The van der Waals surface area contributed by atoms with Crippen molar-refractivity contribution in [1.29, 1.82) is 0 Å². The second-order valence-electron chi connectivity index (χ2n) is 5.41. The first-order valence-electron chi connectivity index (χ1n) is 7.08. The van der Waals surface area contributed by atoms with Gasteiger partial charge in [-0.05, 0) is 65.0 Å². The monoisotopic (exact) mass is 349 g/mol. The highest BCUT2D eigenvalue weighted by molar-refractivity contribution is 9.10. The lowest BCUT2D eigenvalue weighted by Gasteiger charge is -2.11. The van der Waals surface area contributed by atoms with Crippen molar-refractivity contribution in [2.24, 2.45) is 0 Å². The minimum atomic E-state index is -0.316. The molecular formula is C17H17BrFNO. The number of hydrogen-bond donors (Lipinski definition) is 1. The molecule has 1 N–H and O–H groups in total. The molecule has 4 heteroatoms. The summed E-state index contributed by atoms with van der Waals surface area (Å²) < 4.78 is 20.5. The minimum absolute atomic E-state index is 0.250. The van der Waals surface area contributed by atoms with E-state index in [4.69, 9.17) is 4.74 Å². The van der Waals surface area contributed by atoms with Gasteiger partial charge >= 0.3 is 0 Å². The highest BCUT2D eigenvalue weighted by Gasteiger charge is 2.20. The van der Waals surface area contributed by atoms with Crippen LogP contribution in [0, 0.1) is 12.7 Å². The van der Waals surface area contributed by atoms with E-state index >= 15 is 0 Å². The number of nitrogens with one attached hydrogen (secondary N) is 1. The summed E-state index contributed by atoms with van der Waals surface area (Å²) in [6.45, 7) is 2.58. The van der Waals surface area contributed by atoms with Gasteiger partial charge in [-0.2, -0.15) is 0 Å². The standard InChI is InChI=1S/C17H17BrFNO/c1-11-3-2-4-16(17(11)19)21-15-8-5-12(9-14(15)18)10-20-13-6-7-13/h2-5,8-9,13,20H,6-7,10H2,1H3. The van der Waals surface area contributed by atoms with Crippen LogP contribution >= 0.6 is 15.9 Å². The normalized spacial score (nSPS) is 14.2. The molecule has 1 fully saturated rings. The highest BCUT2D eigenvalue weighted by Crippen LogP contribution is 2.32. The molecule has 0 heterocycles. The summed E-state index contributed by atoms with van der Waals surface area (Å²) in [6.07, 6.45) is 2.55. The third kappa shape index (κ3) is 3.63. The van der Waals surface area contributed by atoms with Gasteiger partial charge in [-0.25, -0.2) is 4.39 Å². The van der Waals surface area contributed by atoms with E-state index in [1.165, 1.54) is 18.4 Å². The van der Waals surface area contributed by atoms with E-state index in [2.05, 4.69) is 21.2 Å². The molecule has 0 atom stereocenters. The zero-order valence-electron chi connectivity index (χ0n) is 11.8. The van der Waals surface area contributed by atoms with E-state index in [1.807, 2.05) is 18.2 Å². The van der Waals surface area contributed by atoms with Gasteiger partial charge in [0.05, 0.1) is 4.47 Å². The van der Waals surface area contributed by atoms with E-state index in [9.17, 15) is 4.39 Å². The molecule has 0 spiro atoms. The van der Waals surface area contributed by atoms with Gasteiger partial charge < -0.3 is 10.1 Å². The fourth-order valence-electron chi connectivity index (χ4n) is 2.10. The van der Waals surface area contributed by atoms with Gasteiger partial charge in [0.15, 0.2) is 11.6 Å². The lowest BCUT2D eigenvalue weighted by atomic mass is 10.2. The third-order valence-electron chi connectivity index (χ3n) is 3.54. The summed E-state index contributed by atoms with van der Waals surface area (Å²) in [5.41, 5.74) is 1.76. The number of rotatable bonds is 5. The Morgan fingerprint density at radius 3 is 2.76 bits per heavy atom. The average molecular weight is 350 g/mol. The quantitative estimate of drug-likeness (QED) is 0.825. The molecule has 1 aliphatic rings. The number of hydrogen-bond acceptors (Lipinski definition) is 2. The minimum Gasteiger partial charge on any atom is -0.453 e. The summed E-state index contributed by atoms with van der Waals surface area (Å²) in [7, 11) is 0. The Bertz CT molecular complexity index is 655. The predicted octanol–water partition coefficient (Wildman–Crippen LogP) is 4.94. The van der Waals surface area contributed by atoms with Crippen LogP contribution in [0.4, 0.5) is 4.39 Å². The summed E-state index contributed by atoms with van der Waals surface area (Å²) in [5, 5.41) is 3.46. The molecule has 1 aliphatic carbocycles. The van der Waals surface area contributed by atoms with E-state index in [0.717, 1.165) is 11.0 Å². The fourth-order valence-corrected chi connectivity index (χ4v) is 2.61. The Morgan fingerprint density at radius 2 is 2.05 bits per heavy atom. The first kappa shape index (κ1) is 14.5. The molecule has 2 aromatic rings. The van der Waals surface area contributed by atoms with Crippen molar-refractivity contribution in [3.05, 3.63) is 57.8 Å². The molecule has 3 rings (SSSR count). The molecule has 0 radical (unpaired) electrons. The van der Waals surface area contributed by atoms with Crippen LogP contribution in [0.2, 0.25) is 0 Å². The molecule has 110 valence electrons. The number of benzene rings is 2. The maximum atomic E-state index is 14.0. The van der Waals surface area contributed by atoms with Gasteiger partial charge in [-0.1, -0.05) is 18.2 Å². The predicted molar refractivity (Wildman–Crippen MR) is 85.2 cm³/mol. The Kier molecular flexibility index (Phi) is 4.27. The molecule has 2 aromatic carbocycles. The molecular weight excluding hydrogens is 333 g/mol. The first-order chi connectivity index (χ1) is 10.1. The zero-order valence-corrected chi connectivity index (χ0v) is 13.4. The van der Waals surface area contributed by atoms with E-state index in [0.29, 0.717) is 17.4 Å². The molecule has 1 saturated carbocycles. The van der Waals surface area contributed by atoms with Gasteiger partial charge in [0.2, 0.25) is 0 Å². The molecule has 21 heavy (non-hydrogen) atoms. The number of ether oxygens (including phenoxy) is 1. The second kappa shape index (κ2) is 6.16. The zero-order chi connectivity index (χ0) is 14.8. The molecule has 0 aliphatic heterocycles. The Labute approximate surface area is 132 Å². The molecule has 2 nitrogen and oxygen atoms in total. The molecule has 0 saturated heterocycles. The Balaban J connectivity index is 1.74. The van der Waals surface area contributed by atoms with Crippen LogP contribution in [0.25, 0.3) is 0 Å². The fraction of sp³-hybridized carbons (Fsp3) is 0.294. The van der Waals surface area contributed by atoms with Crippen LogP contribution in [0.5, 0.6) is 11.5 Å². The molecule has 0 unspecified atom stereocenters. The average Bonchev–Trinajstić information content (AvgIpc) is 3.28.